The molecule has 0 atom stereocenters. The van der Waals surface area contributed by atoms with Gasteiger partial charge in [-0.25, -0.2) is 0 Å². The van der Waals surface area contributed by atoms with Crippen LogP contribution in [0.3, 0.4) is 0 Å². The van der Waals surface area contributed by atoms with Gasteiger partial charge in [-0.3, -0.25) is 4.55 Å². The molecule has 1 radical (unpaired) electrons. The second kappa shape index (κ2) is 5.78. The molecule has 1 aromatic rings. The summed E-state index contributed by atoms with van der Waals surface area (Å²) in [5, 5.41) is 0. The smallest absolute Gasteiger partial charge is 0.265 e. The molecule has 67 valence electrons. The van der Waals surface area contributed by atoms with E-state index < -0.39 is 10.1 Å². The quantitative estimate of drug-likeness (QED) is 0.590. The fourth-order valence-corrected chi connectivity index (χ4v) is 1.39. The molecule has 5 heteroatoms. The Kier molecular flexibility index (Phi) is 5.83. The van der Waals surface area contributed by atoms with E-state index in [9.17, 15) is 8.42 Å². The largest absolute Gasteiger partial charge is 0.286 e. The molecule has 0 aliphatic carbocycles. The molecule has 0 bridgehead atoms. The van der Waals surface area contributed by atoms with Gasteiger partial charge >= 0.3 is 0 Å². The topological polar surface area (TPSA) is 54.4 Å². The summed E-state index contributed by atoms with van der Waals surface area (Å²) >= 11 is 0. The predicted molar refractivity (Wildman–Crippen MR) is 52.3 cm³/mol. The monoisotopic (exact) mass is 209 g/mol. The molecule has 3 nitrogen and oxygen atoms in total. The predicted octanol–water partition coefficient (Wildman–Crippen LogP) is 0.736. The molecule has 13 heavy (non-hydrogen) atoms. The summed E-state index contributed by atoms with van der Waals surface area (Å²) in [6.07, 6.45) is 0.361. The standard InChI is InChI=1S/C8H10O3S.Na/c9-12(10,11)7-6-8-4-2-1-3-5-8;/h1-5H,6-7H2,(H,9,10,11);. The molecule has 0 spiro atoms. The molecule has 0 unspecified atom stereocenters. The van der Waals surface area contributed by atoms with E-state index in [1.54, 1.807) is 0 Å². The molecule has 0 aromatic heterocycles. The first kappa shape index (κ1) is 13.1. The Balaban J connectivity index is 0.00000144. The number of hydrogen-bond donors (Lipinski definition) is 1. The average Bonchev–Trinajstić information content (AvgIpc) is 2.02. The normalized spacial score (nSPS) is 10.5. The van der Waals surface area contributed by atoms with Crippen LogP contribution in [-0.2, 0) is 16.5 Å². The minimum absolute atomic E-state index is 0. The van der Waals surface area contributed by atoms with E-state index >= 15 is 0 Å². The molecule has 0 saturated carbocycles. The molecule has 0 aliphatic rings. The van der Waals surface area contributed by atoms with E-state index in [4.69, 9.17) is 4.55 Å². The Bertz CT molecular complexity index is 334. The van der Waals surface area contributed by atoms with Gasteiger partial charge in [-0.2, -0.15) is 8.42 Å². The van der Waals surface area contributed by atoms with Crippen LogP contribution < -0.4 is 0 Å². The zero-order valence-electron chi connectivity index (χ0n) is 7.47. The minimum Gasteiger partial charge on any atom is -0.286 e. The Morgan fingerprint density at radius 1 is 1.15 bits per heavy atom. The molecule has 0 amide bonds. The number of aryl methyl sites for hydroxylation is 1. The maximum atomic E-state index is 10.4. The summed E-state index contributed by atoms with van der Waals surface area (Å²) in [5.41, 5.74) is 0.912. The molecule has 0 heterocycles. The van der Waals surface area contributed by atoms with Crippen LogP contribution in [0.1, 0.15) is 5.56 Å². The van der Waals surface area contributed by atoms with Gasteiger partial charge in [0.1, 0.15) is 0 Å². The van der Waals surface area contributed by atoms with Crippen molar-refractivity contribution < 1.29 is 13.0 Å². The Morgan fingerprint density at radius 2 is 1.69 bits per heavy atom. The van der Waals surface area contributed by atoms with Crippen molar-refractivity contribution in [3.05, 3.63) is 35.9 Å². The van der Waals surface area contributed by atoms with Crippen molar-refractivity contribution in [3.63, 3.8) is 0 Å². The first-order chi connectivity index (χ1) is 5.58. The van der Waals surface area contributed by atoms with Gasteiger partial charge in [-0.15, -0.1) is 0 Å². The molecule has 0 saturated heterocycles. The van der Waals surface area contributed by atoms with E-state index in [1.165, 1.54) is 0 Å². The third-order valence-electron chi connectivity index (χ3n) is 1.49. The fraction of sp³-hybridized carbons (Fsp3) is 0.250. The van der Waals surface area contributed by atoms with Crippen LogP contribution in [0.2, 0.25) is 0 Å². The minimum atomic E-state index is -3.82. The van der Waals surface area contributed by atoms with Gasteiger partial charge in [0.05, 0.1) is 5.75 Å². The average molecular weight is 209 g/mol. The van der Waals surface area contributed by atoms with Crippen molar-refractivity contribution >= 4 is 39.7 Å². The zero-order valence-corrected chi connectivity index (χ0v) is 10.3. The molecule has 0 aliphatic heterocycles. The summed E-state index contributed by atoms with van der Waals surface area (Å²) < 4.78 is 29.2. The van der Waals surface area contributed by atoms with E-state index in [0.717, 1.165) is 5.56 Å². The van der Waals surface area contributed by atoms with Gasteiger partial charge in [0.2, 0.25) is 0 Å². The first-order valence-corrected chi connectivity index (χ1v) is 5.18. The van der Waals surface area contributed by atoms with Crippen LogP contribution in [0, 0.1) is 0 Å². The second-order valence-corrected chi connectivity index (χ2v) is 4.09. The SMILES string of the molecule is O=S(=O)(O)CCc1ccccc1.[Na]. The summed E-state index contributed by atoms with van der Waals surface area (Å²) in [5.74, 6) is -0.211. The molecule has 1 rings (SSSR count). The Morgan fingerprint density at radius 3 is 2.15 bits per heavy atom. The summed E-state index contributed by atoms with van der Waals surface area (Å²) in [4.78, 5) is 0. The maximum Gasteiger partial charge on any atom is 0.265 e. The number of hydrogen-bond acceptors (Lipinski definition) is 2. The Labute approximate surface area is 100 Å². The van der Waals surface area contributed by atoms with Crippen LogP contribution in [0.5, 0.6) is 0 Å². The first-order valence-electron chi connectivity index (χ1n) is 3.57. The van der Waals surface area contributed by atoms with Crippen molar-refractivity contribution in [2.24, 2.45) is 0 Å². The number of rotatable bonds is 3. The van der Waals surface area contributed by atoms with E-state index in [2.05, 4.69) is 0 Å². The molecule has 0 fully saturated rings. The fourth-order valence-electron chi connectivity index (χ4n) is 0.892. The molecule has 1 N–H and O–H groups in total. The van der Waals surface area contributed by atoms with Crippen molar-refractivity contribution in [1.82, 2.24) is 0 Å². The second-order valence-electron chi connectivity index (χ2n) is 2.52. The van der Waals surface area contributed by atoms with Crippen LogP contribution in [0.15, 0.2) is 30.3 Å². The van der Waals surface area contributed by atoms with Crippen molar-refractivity contribution in [3.8, 4) is 0 Å². The Hall–Kier alpha value is 0.130. The van der Waals surface area contributed by atoms with E-state index in [-0.39, 0.29) is 35.3 Å². The van der Waals surface area contributed by atoms with Crippen molar-refractivity contribution in [2.75, 3.05) is 5.75 Å². The third-order valence-corrected chi connectivity index (χ3v) is 2.21. The van der Waals surface area contributed by atoms with Crippen LogP contribution in [0.25, 0.3) is 0 Å². The van der Waals surface area contributed by atoms with Gasteiger partial charge in [0, 0.05) is 29.6 Å². The van der Waals surface area contributed by atoms with Crippen LogP contribution >= 0.6 is 0 Å². The van der Waals surface area contributed by atoms with Gasteiger partial charge in [-0.05, 0) is 12.0 Å². The van der Waals surface area contributed by atoms with Gasteiger partial charge in [0.25, 0.3) is 10.1 Å². The van der Waals surface area contributed by atoms with Crippen LogP contribution in [-0.4, -0.2) is 48.3 Å². The van der Waals surface area contributed by atoms with Crippen molar-refractivity contribution in [1.29, 1.82) is 0 Å². The van der Waals surface area contributed by atoms with Gasteiger partial charge in [0.15, 0.2) is 0 Å². The maximum absolute atomic E-state index is 10.4. The van der Waals surface area contributed by atoms with Crippen molar-refractivity contribution in [2.45, 2.75) is 6.42 Å². The molecule has 1 aromatic carbocycles. The summed E-state index contributed by atoms with van der Waals surface area (Å²) in [6.45, 7) is 0. The molecular weight excluding hydrogens is 199 g/mol. The zero-order chi connectivity index (χ0) is 9.03. The van der Waals surface area contributed by atoms with Crippen LogP contribution in [0.4, 0.5) is 0 Å². The molecular formula is C8H10NaO3S. The van der Waals surface area contributed by atoms with E-state index in [1.807, 2.05) is 30.3 Å². The summed E-state index contributed by atoms with van der Waals surface area (Å²) in [6, 6.07) is 9.17. The number of benzene rings is 1. The van der Waals surface area contributed by atoms with Gasteiger partial charge in [-0.1, -0.05) is 30.3 Å². The summed E-state index contributed by atoms with van der Waals surface area (Å²) in [7, 11) is -3.82. The van der Waals surface area contributed by atoms with E-state index in [0.29, 0.717) is 6.42 Å². The third kappa shape index (κ3) is 6.23. The van der Waals surface area contributed by atoms with Gasteiger partial charge < -0.3 is 0 Å².